The molecule has 19 heavy (non-hydrogen) atoms. The largest absolute Gasteiger partial charge is 0.318 e. The first-order chi connectivity index (χ1) is 9.08. The Labute approximate surface area is 128 Å². The Bertz CT molecular complexity index is 682. The van der Waals surface area contributed by atoms with E-state index >= 15 is 0 Å². The minimum absolute atomic E-state index is 0.135. The molecule has 0 aromatic carbocycles. The van der Waals surface area contributed by atoms with Crippen LogP contribution in [0.5, 0.6) is 0 Å². The van der Waals surface area contributed by atoms with Crippen molar-refractivity contribution in [2.45, 2.75) is 25.9 Å². The van der Waals surface area contributed by atoms with Gasteiger partial charge in [-0.2, -0.15) is 5.10 Å². The van der Waals surface area contributed by atoms with E-state index < -0.39 is 0 Å². The molecule has 0 fully saturated rings. The van der Waals surface area contributed by atoms with Crippen molar-refractivity contribution in [3.8, 4) is 0 Å². The van der Waals surface area contributed by atoms with Crippen molar-refractivity contribution >= 4 is 48.0 Å². The summed E-state index contributed by atoms with van der Waals surface area (Å²) in [6.07, 6.45) is 1.82. The van der Waals surface area contributed by atoms with Crippen LogP contribution in [0.25, 0.3) is 9.40 Å². The lowest BCUT2D eigenvalue weighted by atomic mass is 10.2. The zero-order valence-electron chi connectivity index (χ0n) is 10.6. The number of halogens is 1. The molecule has 0 aliphatic heterocycles. The lowest BCUT2D eigenvalue weighted by Crippen LogP contribution is -2.18. The smallest absolute Gasteiger partial charge is 0.0829 e. The Kier molecular flexibility index (Phi) is 3.51. The zero-order chi connectivity index (χ0) is 13.6. The highest BCUT2D eigenvalue weighted by Gasteiger charge is 2.21. The third kappa shape index (κ3) is 2.27. The summed E-state index contributed by atoms with van der Waals surface area (Å²) >= 11 is 7.08. The van der Waals surface area contributed by atoms with E-state index in [9.17, 15) is 0 Å². The number of aromatic nitrogens is 2. The van der Waals surface area contributed by atoms with Gasteiger partial charge in [-0.1, -0.05) is 0 Å². The molecule has 1 atom stereocenters. The molecule has 0 aliphatic rings. The van der Waals surface area contributed by atoms with Gasteiger partial charge in [-0.15, -0.1) is 22.7 Å². The van der Waals surface area contributed by atoms with E-state index in [4.69, 9.17) is 5.73 Å². The van der Waals surface area contributed by atoms with E-state index in [2.05, 4.69) is 52.4 Å². The van der Waals surface area contributed by atoms with Crippen molar-refractivity contribution in [1.82, 2.24) is 9.78 Å². The Morgan fingerprint density at radius 1 is 1.37 bits per heavy atom. The van der Waals surface area contributed by atoms with Crippen molar-refractivity contribution in [2.75, 3.05) is 0 Å². The molecule has 3 aromatic rings. The maximum atomic E-state index is 6.45. The monoisotopic (exact) mass is 355 g/mol. The Balaban J connectivity index is 2.06. The van der Waals surface area contributed by atoms with Gasteiger partial charge in [0.15, 0.2) is 0 Å². The van der Waals surface area contributed by atoms with Crippen molar-refractivity contribution in [1.29, 1.82) is 0 Å². The summed E-state index contributed by atoms with van der Waals surface area (Å²) in [5.74, 6) is 0. The van der Waals surface area contributed by atoms with Gasteiger partial charge in [-0.05, 0) is 47.3 Å². The first-order valence-electron chi connectivity index (χ1n) is 6.03. The fraction of sp³-hybridized carbons (Fsp3) is 0.308. The first-order valence-corrected chi connectivity index (χ1v) is 8.52. The molecule has 6 heteroatoms. The summed E-state index contributed by atoms with van der Waals surface area (Å²) in [6.45, 7) is 4.23. The Morgan fingerprint density at radius 2 is 2.16 bits per heavy atom. The first kappa shape index (κ1) is 13.3. The van der Waals surface area contributed by atoms with Crippen LogP contribution in [0, 0.1) is 0 Å². The summed E-state index contributed by atoms with van der Waals surface area (Å²) in [5, 5.41) is 6.52. The van der Waals surface area contributed by atoms with Gasteiger partial charge >= 0.3 is 0 Å². The predicted molar refractivity (Wildman–Crippen MR) is 86.0 cm³/mol. The second kappa shape index (κ2) is 5.01. The van der Waals surface area contributed by atoms with Crippen LogP contribution < -0.4 is 5.73 Å². The molecule has 3 aromatic heterocycles. The molecule has 0 aliphatic carbocycles. The highest BCUT2D eigenvalue weighted by Crippen LogP contribution is 2.37. The predicted octanol–water partition coefficient (Wildman–Crippen LogP) is 4.55. The Morgan fingerprint density at radius 3 is 2.84 bits per heavy atom. The fourth-order valence-corrected chi connectivity index (χ4v) is 4.77. The SMILES string of the molecule is CC(C)n1ncc(Br)c1C(N)c1cc2sccc2s1. The van der Waals surface area contributed by atoms with Gasteiger partial charge in [0.1, 0.15) is 0 Å². The number of nitrogens with zero attached hydrogens (tertiary/aromatic N) is 2. The molecular weight excluding hydrogens is 342 g/mol. The van der Waals surface area contributed by atoms with Gasteiger partial charge < -0.3 is 5.73 Å². The van der Waals surface area contributed by atoms with E-state index in [1.807, 2.05) is 10.9 Å². The van der Waals surface area contributed by atoms with E-state index in [0.29, 0.717) is 6.04 Å². The van der Waals surface area contributed by atoms with Gasteiger partial charge in [0.2, 0.25) is 0 Å². The third-order valence-electron chi connectivity index (χ3n) is 3.04. The molecule has 2 N–H and O–H groups in total. The number of thiophene rings is 2. The van der Waals surface area contributed by atoms with E-state index in [0.717, 1.165) is 10.2 Å². The van der Waals surface area contributed by atoms with Crippen LogP contribution in [-0.2, 0) is 0 Å². The van der Waals surface area contributed by atoms with Gasteiger partial charge in [-0.25, -0.2) is 0 Å². The highest BCUT2D eigenvalue weighted by molar-refractivity contribution is 9.10. The van der Waals surface area contributed by atoms with Crippen LogP contribution >= 0.6 is 38.6 Å². The number of hydrogen-bond donors (Lipinski definition) is 1. The summed E-state index contributed by atoms with van der Waals surface area (Å²) in [4.78, 5) is 1.19. The number of fused-ring (bicyclic) bond motifs is 1. The molecule has 0 spiro atoms. The van der Waals surface area contributed by atoms with Crippen LogP contribution in [0.1, 0.15) is 36.5 Å². The molecule has 0 radical (unpaired) electrons. The molecule has 3 rings (SSSR count). The van der Waals surface area contributed by atoms with Crippen molar-refractivity contribution in [3.63, 3.8) is 0 Å². The molecule has 3 heterocycles. The van der Waals surface area contributed by atoms with Crippen molar-refractivity contribution in [3.05, 3.63) is 38.8 Å². The van der Waals surface area contributed by atoms with Crippen LogP contribution in [-0.4, -0.2) is 9.78 Å². The van der Waals surface area contributed by atoms with E-state index in [1.54, 1.807) is 22.7 Å². The van der Waals surface area contributed by atoms with E-state index in [1.165, 1.54) is 14.3 Å². The van der Waals surface area contributed by atoms with Gasteiger partial charge in [-0.3, -0.25) is 4.68 Å². The summed E-state index contributed by atoms with van der Waals surface area (Å²) in [7, 11) is 0. The maximum Gasteiger partial charge on any atom is 0.0829 e. The average Bonchev–Trinajstić information content (AvgIpc) is 3.00. The molecule has 0 saturated heterocycles. The number of rotatable bonds is 3. The Hall–Kier alpha value is -0.690. The third-order valence-corrected chi connectivity index (χ3v) is 5.82. The summed E-state index contributed by atoms with van der Waals surface area (Å²) < 4.78 is 5.58. The van der Waals surface area contributed by atoms with Crippen LogP contribution in [0.15, 0.2) is 28.2 Å². The zero-order valence-corrected chi connectivity index (χ0v) is 13.8. The normalized spacial score (nSPS) is 13.5. The molecule has 3 nitrogen and oxygen atoms in total. The lowest BCUT2D eigenvalue weighted by Gasteiger charge is -2.16. The number of nitrogens with two attached hydrogens (primary N) is 1. The highest BCUT2D eigenvalue weighted by atomic mass is 79.9. The van der Waals surface area contributed by atoms with Crippen LogP contribution in [0.3, 0.4) is 0 Å². The van der Waals surface area contributed by atoms with Gasteiger partial charge in [0.25, 0.3) is 0 Å². The quantitative estimate of drug-likeness (QED) is 0.748. The average molecular weight is 356 g/mol. The van der Waals surface area contributed by atoms with Crippen molar-refractivity contribution in [2.24, 2.45) is 5.73 Å². The molecule has 1 unspecified atom stereocenters. The molecule has 0 bridgehead atoms. The maximum absolute atomic E-state index is 6.45. The van der Waals surface area contributed by atoms with Crippen LogP contribution in [0.2, 0.25) is 0 Å². The lowest BCUT2D eigenvalue weighted by molar-refractivity contribution is 0.499. The second-order valence-electron chi connectivity index (χ2n) is 4.69. The van der Waals surface area contributed by atoms with Gasteiger partial charge in [0, 0.05) is 20.3 Å². The number of hydrogen-bond acceptors (Lipinski definition) is 4. The minimum Gasteiger partial charge on any atom is -0.318 e. The minimum atomic E-state index is -0.135. The molecule has 100 valence electrons. The topological polar surface area (TPSA) is 43.8 Å². The molecule has 0 amide bonds. The molecule has 0 saturated carbocycles. The molecular formula is C13H14BrN3S2. The van der Waals surface area contributed by atoms with Gasteiger partial charge in [0.05, 0.1) is 22.4 Å². The summed E-state index contributed by atoms with van der Waals surface area (Å²) in [6, 6.07) is 4.51. The fourth-order valence-electron chi connectivity index (χ4n) is 2.13. The second-order valence-corrected chi connectivity index (χ2v) is 7.61. The standard InChI is InChI=1S/C13H14BrN3S2/c1-7(2)17-13(8(14)6-16-17)12(15)11-5-10-9(19-11)3-4-18-10/h3-7,12H,15H2,1-2H3. The van der Waals surface area contributed by atoms with E-state index in [-0.39, 0.29) is 6.04 Å². The van der Waals surface area contributed by atoms with Crippen molar-refractivity contribution < 1.29 is 0 Å². The summed E-state index contributed by atoms with van der Waals surface area (Å²) in [5.41, 5.74) is 7.49. The van der Waals surface area contributed by atoms with Crippen LogP contribution in [0.4, 0.5) is 0 Å².